The maximum atomic E-state index is 13.1. The molecule has 2 saturated heterocycles. The van der Waals surface area contributed by atoms with Crippen molar-refractivity contribution in [2.24, 2.45) is 12.8 Å². The number of fused-ring (bicyclic) bond motifs is 1. The fraction of sp³-hybridized carbons (Fsp3) is 0.412. The molecule has 0 spiro atoms. The van der Waals surface area contributed by atoms with Crippen LogP contribution in [0.3, 0.4) is 0 Å². The number of tetrazole rings is 1. The molecule has 22 heteroatoms. The average Bonchev–Trinajstić information content (AvgIpc) is 3.20. The maximum absolute atomic E-state index is 13.1. The summed E-state index contributed by atoms with van der Waals surface area (Å²) in [7, 11) is 2.82. The molecule has 39 heavy (non-hydrogen) atoms. The first kappa shape index (κ1) is 36.2. The Morgan fingerprint density at radius 1 is 1.26 bits per heavy atom. The van der Waals surface area contributed by atoms with Crippen LogP contribution in [-0.2, 0) is 35.8 Å². The number of carboxylic acid groups (broad SMARTS) is 2. The number of carbonyl (C=O) groups excluding carboxylic acids is 5. The third kappa shape index (κ3) is 6.67. The molecule has 2 fully saturated rings. The summed E-state index contributed by atoms with van der Waals surface area (Å²) in [6, 6.07) is 0. The van der Waals surface area contributed by atoms with Gasteiger partial charge in [0, 0.05) is 25.7 Å². The number of aromatic nitrogens is 4. The second-order valence-electron chi connectivity index (χ2n) is 7.26. The molecule has 2 atom stereocenters. The number of β-lactam (4-membered cyclic amide) rings is 1. The predicted octanol–water partition coefficient (Wildman–Crippen LogP) is -10.9. The Kier molecular flexibility index (Phi) is 13.4. The van der Waals surface area contributed by atoms with Gasteiger partial charge in [0.2, 0.25) is 11.1 Å². The molecule has 1 aromatic rings. The van der Waals surface area contributed by atoms with Crippen LogP contribution in [0.4, 0.5) is 0 Å². The minimum Gasteiger partial charge on any atom is -0.545 e. The van der Waals surface area contributed by atoms with Crippen molar-refractivity contribution in [3.05, 3.63) is 21.1 Å². The number of aliphatic carboxylic acids is 2. The first-order valence-corrected chi connectivity index (χ1v) is 13.5. The second kappa shape index (κ2) is 14.4. The summed E-state index contributed by atoms with van der Waals surface area (Å²) in [5, 5.41) is 36.1. The summed E-state index contributed by atoms with van der Waals surface area (Å²) in [5.74, 6) is -5.65. The van der Waals surface area contributed by atoms with E-state index in [1.54, 1.807) is 7.05 Å². The number of aryl methyl sites for hydroxylation is 1. The molecule has 3 aliphatic heterocycles. The molecular formula is C17H17N7Na2O9S4. The molecule has 0 bridgehead atoms. The van der Waals surface area contributed by atoms with Crippen LogP contribution in [0, 0.1) is 0 Å². The Balaban J connectivity index is 0.00000253. The van der Waals surface area contributed by atoms with E-state index in [0.29, 0.717) is 10.7 Å². The molecule has 4 rings (SSSR count). The van der Waals surface area contributed by atoms with Gasteiger partial charge in [0.05, 0.1) is 27.4 Å². The first-order valence-electron chi connectivity index (χ1n) is 9.71. The Bertz CT molecular complexity index is 1240. The first-order chi connectivity index (χ1) is 17.0. The monoisotopic (exact) mass is 637 g/mol. The SMILES string of the molecule is CO[C@@]1(NC(=O)C2SC(=C(C(N)=O)C(=O)[O-])S2)C(=O)N2C(C(=O)[O-])=C(CSc3nnnn3C)CS[C@@H]21.O.[Na+].[Na+]. The summed E-state index contributed by atoms with van der Waals surface area (Å²) in [6.07, 6.45) is 0. The Hall–Kier alpha value is -0.780. The third-order valence-corrected chi connectivity index (χ3v) is 10.5. The molecule has 0 aromatic carbocycles. The van der Waals surface area contributed by atoms with Gasteiger partial charge in [0.1, 0.15) is 9.96 Å². The van der Waals surface area contributed by atoms with Gasteiger partial charge in [-0.3, -0.25) is 19.3 Å². The molecule has 0 saturated carbocycles. The zero-order valence-electron chi connectivity index (χ0n) is 20.8. The molecular weight excluding hydrogens is 620 g/mol. The van der Waals surface area contributed by atoms with E-state index in [1.807, 2.05) is 0 Å². The van der Waals surface area contributed by atoms with E-state index in [-0.39, 0.29) is 86.0 Å². The number of hydrogen-bond acceptors (Lipinski definition) is 15. The molecule has 4 heterocycles. The number of hydrogen-bond donors (Lipinski definition) is 2. The van der Waals surface area contributed by atoms with Gasteiger partial charge < -0.3 is 41.1 Å². The van der Waals surface area contributed by atoms with Crippen molar-refractivity contribution < 1.29 is 104 Å². The fourth-order valence-corrected chi connectivity index (χ4v) is 8.13. The zero-order chi connectivity index (χ0) is 26.4. The van der Waals surface area contributed by atoms with Crippen LogP contribution in [-0.4, -0.2) is 94.5 Å². The number of methoxy groups -OCH3 is 1. The van der Waals surface area contributed by atoms with Crippen LogP contribution in [0.5, 0.6) is 0 Å². The molecule has 0 aliphatic carbocycles. The summed E-state index contributed by atoms with van der Waals surface area (Å²) in [6.45, 7) is 0. The van der Waals surface area contributed by atoms with Gasteiger partial charge in [0.15, 0.2) is 0 Å². The average molecular weight is 638 g/mol. The number of nitrogens with zero attached hydrogens (tertiary/aromatic N) is 5. The van der Waals surface area contributed by atoms with Crippen molar-refractivity contribution in [2.75, 3.05) is 18.6 Å². The maximum Gasteiger partial charge on any atom is 1.00 e. The third-order valence-electron chi connectivity index (χ3n) is 5.19. The number of primary amides is 1. The van der Waals surface area contributed by atoms with E-state index >= 15 is 0 Å². The van der Waals surface area contributed by atoms with Crippen molar-refractivity contribution in [1.29, 1.82) is 0 Å². The quantitative estimate of drug-likeness (QED) is 0.0485. The van der Waals surface area contributed by atoms with Crippen molar-refractivity contribution >= 4 is 76.7 Å². The number of rotatable bonds is 9. The van der Waals surface area contributed by atoms with E-state index < -0.39 is 50.9 Å². The molecule has 3 amide bonds. The normalized spacial score (nSPS) is 23.1. The Labute approximate surface area is 281 Å². The number of nitrogens with two attached hydrogens (primary N) is 1. The number of carboxylic acids is 2. The minimum absolute atomic E-state index is 0. The fourth-order valence-electron chi connectivity index (χ4n) is 3.49. The van der Waals surface area contributed by atoms with Gasteiger partial charge in [-0.15, -0.1) is 16.9 Å². The van der Waals surface area contributed by atoms with Crippen molar-refractivity contribution in [3.8, 4) is 0 Å². The molecule has 1 aromatic heterocycles. The van der Waals surface area contributed by atoms with Crippen LogP contribution in [0.1, 0.15) is 0 Å². The van der Waals surface area contributed by atoms with Gasteiger partial charge in [-0.2, -0.15) is 0 Å². The van der Waals surface area contributed by atoms with Gasteiger partial charge in [0.25, 0.3) is 17.5 Å². The molecule has 16 nitrogen and oxygen atoms in total. The molecule has 200 valence electrons. The van der Waals surface area contributed by atoms with Gasteiger partial charge in [-0.25, -0.2) is 4.68 Å². The van der Waals surface area contributed by atoms with E-state index in [1.165, 1.54) is 35.3 Å². The van der Waals surface area contributed by atoms with E-state index in [4.69, 9.17) is 10.5 Å². The number of nitrogens with one attached hydrogen (secondary N) is 1. The Morgan fingerprint density at radius 2 is 1.90 bits per heavy atom. The van der Waals surface area contributed by atoms with Crippen molar-refractivity contribution in [2.45, 2.75) is 20.8 Å². The van der Waals surface area contributed by atoms with Crippen LogP contribution in [0.25, 0.3) is 0 Å². The number of ether oxygens (including phenoxy) is 1. The van der Waals surface area contributed by atoms with Crippen LogP contribution in [0.15, 0.2) is 26.2 Å². The molecule has 0 unspecified atom stereocenters. The van der Waals surface area contributed by atoms with Crippen LogP contribution < -0.4 is 80.4 Å². The van der Waals surface area contributed by atoms with E-state index in [9.17, 15) is 34.2 Å². The molecule has 5 N–H and O–H groups in total. The van der Waals surface area contributed by atoms with Crippen molar-refractivity contribution in [1.82, 2.24) is 30.4 Å². The van der Waals surface area contributed by atoms with Gasteiger partial charge in [-0.05, 0) is 16.0 Å². The second-order valence-corrected chi connectivity index (χ2v) is 12.1. The predicted molar refractivity (Wildman–Crippen MR) is 126 cm³/mol. The summed E-state index contributed by atoms with van der Waals surface area (Å²) < 4.78 is 5.89. The summed E-state index contributed by atoms with van der Waals surface area (Å²) in [4.78, 5) is 61.3. The van der Waals surface area contributed by atoms with Gasteiger partial charge in [-0.1, -0.05) is 35.3 Å². The van der Waals surface area contributed by atoms with E-state index in [0.717, 1.165) is 28.4 Å². The number of amides is 3. The summed E-state index contributed by atoms with van der Waals surface area (Å²) in [5.41, 5.74) is 2.54. The molecule has 3 aliphatic rings. The van der Waals surface area contributed by atoms with Crippen molar-refractivity contribution in [3.63, 3.8) is 0 Å². The smallest absolute Gasteiger partial charge is 0.545 e. The minimum atomic E-state index is -1.85. The topological polar surface area (TPSA) is 257 Å². The summed E-state index contributed by atoms with van der Waals surface area (Å²) >= 11 is 3.89. The van der Waals surface area contributed by atoms with Gasteiger partial charge >= 0.3 is 59.1 Å². The zero-order valence-corrected chi connectivity index (χ0v) is 28.0. The van der Waals surface area contributed by atoms with Crippen LogP contribution in [0.2, 0.25) is 0 Å². The Morgan fingerprint density at radius 3 is 2.38 bits per heavy atom. The largest absolute Gasteiger partial charge is 1.00 e. The van der Waals surface area contributed by atoms with E-state index in [2.05, 4.69) is 20.8 Å². The number of thioether (sulfide) groups is 4. The standard InChI is InChI=1S/C17H17N7O8S4.2Na.H2O/c1-23-16(20-21-22-23)34-4-5-3-33-15-17(32-2,14(31)24(15)7(5)11(29)30)19-9(26)13-35-12(36-13)6(8(18)25)10(27)28;;;/h13,15H,3-4H2,1-2H3,(H2,18,25)(H,19,26)(H,27,28)(H,29,30);;;1H2/q;2*+1;/p-2/t13?,15-,17+;;;/m1.../s1. The number of carbonyl (C=O) groups is 5. The van der Waals surface area contributed by atoms with Crippen LogP contribution >= 0.6 is 47.0 Å². The molecule has 0 radical (unpaired) electrons.